The van der Waals surface area contributed by atoms with Gasteiger partial charge in [-0.25, -0.2) is 12.8 Å². The number of hydrogen-bond donors (Lipinski definition) is 0. The first-order chi connectivity index (χ1) is 15.9. The van der Waals surface area contributed by atoms with Crippen molar-refractivity contribution in [1.82, 2.24) is 9.97 Å². The van der Waals surface area contributed by atoms with Gasteiger partial charge in [-0.1, -0.05) is 30.3 Å². The number of carbonyl (C=O) groups excluding carboxylic acids is 1. The van der Waals surface area contributed by atoms with E-state index < -0.39 is 15.7 Å². The largest absolute Gasteiger partial charge is 0.299 e. The van der Waals surface area contributed by atoms with Crippen LogP contribution in [0.5, 0.6) is 0 Å². The highest BCUT2D eigenvalue weighted by Gasteiger charge is 2.43. The molecule has 2 unspecified atom stereocenters. The van der Waals surface area contributed by atoms with Crippen molar-refractivity contribution in [2.75, 3.05) is 0 Å². The number of Topliss-reactive ketones (excluding diaryl/α,β-unsaturated/α-hetero) is 1. The van der Waals surface area contributed by atoms with Crippen molar-refractivity contribution in [3.05, 3.63) is 102 Å². The Morgan fingerprint density at radius 2 is 1.88 bits per heavy atom. The number of hydrogen-bond acceptors (Lipinski definition) is 5. The highest BCUT2D eigenvalue weighted by molar-refractivity contribution is 7.90. The number of halogens is 1. The summed E-state index contributed by atoms with van der Waals surface area (Å²) in [5.41, 5.74) is 1.96. The molecule has 166 valence electrons. The second kappa shape index (κ2) is 8.48. The Kier molecular flexibility index (Phi) is 5.50. The summed E-state index contributed by atoms with van der Waals surface area (Å²) >= 11 is 0. The first kappa shape index (κ1) is 21.4. The molecule has 2 atom stereocenters. The SMILES string of the molecule is O=C(Cc1ccc2cnccc2c1)C1CC1c1ccc(S(=O)(=O)Cc2ccccn2)c(F)c1. The Bertz CT molecular complexity index is 1460. The normalized spacial score (nSPS) is 17.7. The summed E-state index contributed by atoms with van der Waals surface area (Å²) in [4.78, 5) is 20.6. The van der Waals surface area contributed by atoms with Crippen LogP contribution in [-0.2, 0) is 26.8 Å². The molecule has 0 spiro atoms. The van der Waals surface area contributed by atoms with Gasteiger partial charge in [0.2, 0.25) is 0 Å². The number of benzene rings is 2. The number of sulfone groups is 1. The van der Waals surface area contributed by atoms with Crippen LogP contribution in [0.15, 0.2) is 84.1 Å². The van der Waals surface area contributed by atoms with Gasteiger partial charge in [-0.3, -0.25) is 14.8 Å². The lowest BCUT2D eigenvalue weighted by Gasteiger charge is -2.08. The zero-order valence-electron chi connectivity index (χ0n) is 17.7. The van der Waals surface area contributed by atoms with Crippen molar-refractivity contribution in [2.24, 2.45) is 5.92 Å². The van der Waals surface area contributed by atoms with Crippen LogP contribution in [0.3, 0.4) is 0 Å². The highest BCUT2D eigenvalue weighted by Crippen LogP contribution is 2.49. The van der Waals surface area contributed by atoms with Crippen LogP contribution in [0.1, 0.15) is 29.2 Å². The van der Waals surface area contributed by atoms with Gasteiger partial charge in [0.05, 0.1) is 11.4 Å². The lowest BCUT2D eigenvalue weighted by Crippen LogP contribution is -2.09. The summed E-state index contributed by atoms with van der Waals surface area (Å²) in [5.74, 6) is -1.29. The molecule has 33 heavy (non-hydrogen) atoms. The van der Waals surface area contributed by atoms with E-state index >= 15 is 0 Å². The molecule has 0 N–H and O–H groups in total. The molecule has 0 saturated heterocycles. The van der Waals surface area contributed by atoms with E-state index in [2.05, 4.69) is 9.97 Å². The number of nitrogens with zero attached hydrogens (tertiary/aromatic N) is 2. The Morgan fingerprint density at radius 3 is 2.67 bits per heavy atom. The molecule has 2 aromatic heterocycles. The Labute approximate surface area is 191 Å². The van der Waals surface area contributed by atoms with Gasteiger partial charge in [-0.15, -0.1) is 0 Å². The molecule has 1 aliphatic rings. The predicted octanol–water partition coefficient (Wildman–Crippen LogP) is 4.66. The van der Waals surface area contributed by atoms with E-state index in [0.717, 1.165) is 16.3 Å². The molecule has 4 aromatic rings. The van der Waals surface area contributed by atoms with Crippen LogP contribution in [0.2, 0.25) is 0 Å². The molecule has 5 rings (SSSR count). The van der Waals surface area contributed by atoms with E-state index in [9.17, 15) is 17.6 Å². The average molecular weight is 461 g/mol. The van der Waals surface area contributed by atoms with Crippen LogP contribution >= 0.6 is 0 Å². The molecule has 1 fully saturated rings. The van der Waals surface area contributed by atoms with Gasteiger partial charge >= 0.3 is 0 Å². The van der Waals surface area contributed by atoms with Crippen LogP contribution in [0.25, 0.3) is 10.8 Å². The predicted molar refractivity (Wildman–Crippen MR) is 123 cm³/mol. The molecule has 5 nitrogen and oxygen atoms in total. The molecule has 7 heteroatoms. The molecule has 0 bridgehead atoms. The molecule has 1 saturated carbocycles. The van der Waals surface area contributed by atoms with E-state index in [4.69, 9.17) is 0 Å². The first-order valence-electron chi connectivity index (χ1n) is 10.7. The zero-order chi connectivity index (χ0) is 23.0. The Hall–Kier alpha value is -3.45. The first-order valence-corrected chi connectivity index (χ1v) is 12.3. The van der Waals surface area contributed by atoms with Crippen molar-refractivity contribution < 1.29 is 17.6 Å². The second-order valence-electron chi connectivity index (χ2n) is 8.42. The van der Waals surface area contributed by atoms with E-state index in [-0.39, 0.29) is 28.3 Å². The third-order valence-corrected chi connectivity index (χ3v) is 7.75. The van der Waals surface area contributed by atoms with Crippen LogP contribution in [0, 0.1) is 11.7 Å². The van der Waals surface area contributed by atoms with Crippen molar-refractivity contribution in [1.29, 1.82) is 0 Å². The van der Waals surface area contributed by atoms with Gasteiger partial charge in [0, 0.05) is 36.3 Å². The Balaban J connectivity index is 1.28. The molecular formula is C26H21FN2O3S. The van der Waals surface area contributed by atoms with Crippen molar-refractivity contribution >= 4 is 26.4 Å². The third kappa shape index (κ3) is 4.54. The maximum Gasteiger partial charge on any atom is 0.186 e. The number of carbonyl (C=O) groups is 1. The quantitative estimate of drug-likeness (QED) is 0.401. The minimum atomic E-state index is -3.86. The van der Waals surface area contributed by atoms with E-state index in [0.29, 0.717) is 24.1 Å². The van der Waals surface area contributed by atoms with Crippen molar-refractivity contribution in [3.8, 4) is 0 Å². The topological polar surface area (TPSA) is 77.0 Å². The van der Waals surface area contributed by atoms with E-state index in [1.807, 2.05) is 24.3 Å². The minimum Gasteiger partial charge on any atom is -0.299 e. The van der Waals surface area contributed by atoms with Gasteiger partial charge < -0.3 is 0 Å². The standard InChI is InChI=1S/C26H21FN2O3S/c27-24-13-19(6-7-26(24)33(31,32)16-21-3-1-2-9-29-21)22-14-23(22)25(30)12-17-4-5-20-15-28-10-8-18(20)11-17/h1-11,13,15,22-23H,12,14,16H2. The molecule has 0 amide bonds. The number of fused-ring (bicyclic) bond motifs is 1. The van der Waals surface area contributed by atoms with E-state index in [1.54, 1.807) is 36.7 Å². The fourth-order valence-electron chi connectivity index (χ4n) is 4.25. The summed E-state index contributed by atoms with van der Waals surface area (Å²) in [6.45, 7) is 0. The number of pyridine rings is 2. The fourth-order valence-corrected chi connectivity index (χ4v) is 5.60. The number of ketones is 1. The van der Waals surface area contributed by atoms with Crippen molar-refractivity contribution in [3.63, 3.8) is 0 Å². The summed E-state index contributed by atoms with van der Waals surface area (Å²) in [7, 11) is -3.86. The average Bonchev–Trinajstić information content (AvgIpc) is 3.60. The van der Waals surface area contributed by atoms with Crippen molar-refractivity contribution in [2.45, 2.75) is 29.4 Å². The molecule has 2 heterocycles. The third-order valence-electron chi connectivity index (χ3n) is 6.07. The molecule has 0 aliphatic heterocycles. The summed E-state index contributed by atoms with van der Waals surface area (Å²) in [5, 5.41) is 2.05. The summed E-state index contributed by atoms with van der Waals surface area (Å²) in [6.07, 6.45) is 5.98. The summed E-state index contributed by atoms with van der Waals surface area (Å²) < 4.78 is 40.1. The van der Waals surface area contributed by atoms with Gasteiger partial charge in [0.15, 0.2) is 9.84 Å². The van der Waals surface area contributed by atoms with E-state index in [1.165, 1.54) is 18.3 Å². The molecule has 2 aromatic carbocycles. The maximum atomic E-state index is 14.8. The summed E-state index contributed by atoms with van der Waals surface area (Å²) in [6, 6.07) is 16.9. The second-order valence-corrected chi connectivity index (χ2v) is 10.4. The number of rotatable bonds is 7. The zero-order valence-corrected chi connectivity index (χ0v) is 18.5. The Morgan fingerprint density at radius 1 is 1.00 bits per heavy atom. The highest BCUT2D eigenvalue weighted by atomic mass is 32.2. The molecular weight excluding hydrogens is 439 g/mol. The molecule has 0 radical (unpaired) electrons. The van der Waals surface area contributed by atoms with Gasteiger partial charge in [0.25, 0.3) is 0 Å². The smallest absolute Gasteiger partial charge is 0.186 e. The fraction of sp³-hybridized carbons (Fsp3) is 0.192. The number of aromatic nitrogens is 2. The van der Waals surface area contributed by atoms with Gasteiger partial charge in [-0.05, 0) is 59.2 Å². The lowest BCUT2D eigenvalue weighted by molar-refractivity contribution is -0.119. The monoisotopic (exact) mass is 460 g/mol. The van der Waals surface area contributed by atoms with Gasteiger partial charge in [-0.2, -0.15) is 0 Å². The van der Waals surface area contributed by atoms with Crippen LogP contribution in [0.4, 0.5) is 4.39 Å². The lowest BCUT2D eigenvalue weighted by atomic mass is 10.0. The van der Waals surface area contributed by atoms with Crippen LogP contribution in [-0.4, -0.2) is 24.2 Å². The minimum absolute atomic E-state index is 0.0794. The van der Waals surface area contributed by atoms with Crippen LogP contribution < -0.4 is 0 Å². The van der Waals surface area contributed by atoms with Gasteiger partial charge in [0.1, 0.15) is 16.5 Å². The maximum absolute atomic E-state index is 14.8. The molecule has 1 aliphatic carbocycles.